The first kappa shape index (κ1) is 22.4. The average Bonchev–Trinajstić information content (AvgIpc) is 3.33. The molecule has 0 radical (unpaired) electrons. The Hall–Kier alpha value is -2.28. The lowest BCUT2D eigenvalue weighted by Gasteiger charge is -2.39. The number of piperazine rings is 1. The van der Waals surface area contributed by atoms with E-state index in [1.165, 1.54) is 5.56 Å². The number of para-hydroxylation sites is 1. The van der Waals surface area contributed by atoms with Gasteiger partial charge in [-0.3, -0.25) is 14.7 Å². The van der Waals surface area contributed by atoms with Gasteiger partial charge < -0.3 is 19.9 Å². The van der Waals surface area contributed by atoms with E-state index in [9.17, 15) is 4.79 Å². The van der Waals surface area contributed by atoms with Gasteiger partial charge in [0.05, 0.1) is 13.2 Å². The van der Waals surface area contributed by atoms with Gasteiger partial charge in [0.15, 0.2) is 5.96 Å². The number of benzene rings is 1. The minimum atomic E-state index is -0.0363. The third kappa shape index (κ3) is 5.25. The molecule has 2 aliphatic rings. The Balaban J connectivity index is 1.49. The molecule has 1 N–H and O–H groups in total. The molecule has 0 spiro atoms. The molecule has 1 amide bonds. The molecular formula is C23H37N5O2. The van der Waals surface area contributed by atoms with Gasteiger partial charge in [-0.15, -0.1) is 0 Å². The van der Waals surface area contributed by atoms with Crippen LogP contribution >= 0.6 is 0 Å². The fourth-order valence-electron chi connectivity index (χ4n) is 4.44. The van der Waals surface area contributed by atoms with Crippen molar-refractivity contribution in [2.75, 3.05) is 60.0 Å². The zero-order valence-corrected chi connectivity index (χ0v) is 18.9. The molecule has 2 saturated heterocycles. The molecule has 2 atom stereocenters. The Bertz CT molecular complexity index is 724. The largest absolute Gasteiger partial charge is 0.496 e. The van der Waals surface area contributed by atoms with Crippen molar-refractivity contribution in [3.8, 4) is 5.75 Å². The molecule has 30 heavy (non-hydrogen) atoms. The zero-order chi connectivity index (χ0) is 21.5. The van der Waals surface area contributed by atoms with Gasteiger partial charge in [0, 0.05) is 58.8 Å². The van der Waals surface area contributed by atoms with Gasteiger partial charge in [0.2, 0.25) is 5.91 Å². The first-order valence-corrected chi connectivity index (χ1v) is 11.2. The second kappa shape index (κ2) is 10.7. The average molecular weight is 416 g/mol. The zero-order valence-electron chi connectivity index (χ0n) is 18.9. The molecule has 2 fully saturated rings. The van der Waals surface area contributed by atoms with Crippen LogP contribution in [0.1, 0.15) is 38.2 Å². The summed E-state index contributed by atoms with van der Waals surface area (Å²) in [5.74, 6) is 2.44. The van der Waals surface area contributed by atoms with E-state index in [1.807, 2.05) is 30.1 Å². The summed E-state index contributed by atoms with van der Waals surface area (Å²) in [6, 6.07) is 8.13. The smallest absolute Gasteiger partial charge is 0.239 e. The number of nitrogens with one attached hydrogen (secondary N) is 1. The summed E-state index contributed by atoms with van der Waals surface area (Å²) in [4.78, 5) is 23.8. The molecule has 1 aromatic carbocycles. The Kier molecular flexibility index (Phi) is 7.96. The summed E-state index contributed by atoms with van der Waals surface area (Å²) in [5.41, 5.74) is 1.20. The lowest BCUT2D eigenvalue weighted by atomic mass is 10.0. The van der Waals surface area contributed by atoms with Crippen LogP contribution in [0.2, 0.25) is 0 Å². The second-order valence-corrected chi connectivity index (χ2v) is 8.30. The van der Waals surface area contributed by atoms with Gasteiger partial charge in [0.25, 0.3) is 0 Å². The molecule has 2 aliphatic heterocycles. The standard InChI is InChI=1S/C23H37N5O2/c1-18(20-9-5-6-10-21(20)30-4)17-25-23(24-3)28-15-13-26(14-16-28)19(2)22(29)27-11-7-8-12-27/h5-6,9-10,18-19H,7-8,11-17H2,1-4H3,(H,24,25). The Labute approximate surface area is 181 Å². The maximum Gasteiger partial charge on any atom is 0.239 e. The van der Waals surface area contributed by atoms with Crippen molar-refractivity contribution in [3.05, 3.63) is 29.8 Å². The first-order valence-electron chi connectivity index (χ1n) is 11.2. The van der Waals surface area contributed by atoms with Gasteiger partial charge in [0.1, 0.15) is 5.75 Å². The van der Waals surface area contributed by atoms with Crippen molar-refractivity contribution in [3.63, 3.8) is 0 Å². The topological polar surface area (TPSA) is 60.4 Å². The Morgan fingerprint density at radius 1 is 1.07 bits per heavy atom. The highest BCUT2D eigenvalue weighted by atomic mass is 16.5. The van der Waals surface area contributed by atoms with Gasteiger partial charge in [-0.05, 0) is 31.4 Å². The predicted octanol–water partition coefficient (Wildman–Crippen LogP) is 2.00. The molecule has 0 saturated carbocycles. The molecule has 0 bridgehead atoms. The summed E-state index contributed by atoms with van der Waals surface area (Å²) >= 11 is 0. The number of rotatable bonds is 6. The van der Waals surface area contributed by atoms with Gasteiger partial charge >= 0.3 is 0 Å². The molecule has 166 valence electrons. The number of hydrogen-bond donors (Lipinski definition) is 1. The van der Waals surface area contributed by atoms with E-state index < -0.39 is 0 Å². The van der Waals surface area contributed by atoms with E-state index in [0.29, 0.717) is 5.92 Å². The third-order valence-corrected chi connectivity index (χ3v) is 6.38. The number of methoxy groups -OCH3 is 1. The highest BCUT2D eigenvalue weighted by molar-refractivity contribution is 5.82. The van der Waals surface area contributed by atoms with E-state index >= 15 is 0 Å². The van der Waals surface area contributed by atoms with Crippen LogP contribution in [0, 0.1) is 0 Å². The molecular weight excluding hydrogens is 378 g/mol. The maximum atomic E-state index is 12.7. The predicted molar refractivity (Wildman–Crippen MR) is 121 cm³/mol. The van der Waals surface area contributed by atoms with Crippen LogP contribution in [0.25, 0.3) is 0 Å². The second-order valence-electron chi connectivity index (χ2n) is 8.30. The van der Waals surface area contributed by atoms with Gasteiger partial charge in [-0.25, -0.2) is 0 Å². The normalized spacial score (nSPS) is 20.2. The number of hydrogen-bond acceptors (Lipinski definition) is 4. The number of carbonyl (C=O) groups is 1. The first-order chi connectivity index (χ1) is 14.5. The molecule has 2 unspecified atom stereocenters. The number of carbonyl (C=O) groups excluding carboxylic acids is 1. The Morgan fingerprint density at radius 2 is 1.73 bits per heavy atom. The summed E-state index contributed by atoms with van der Waals surface area (Å²) in [6.45, 7) is 10.4. The molecule has 1 aromatic rings. The van der Waals surface area contributed by atoms with Crippen LogP contribution in [0.5, 0.6) is 5.75 Å². The van der Waals surface area contributed by atoms with Crippen molar-refractivity contribution >= 4 is 11.9 Å². The molecule has 2 heterocycles. The summed E-state index contributed by atoms with van der Waals surface area (Å²) in [6.07, 6.45) is 2.28. The molecule has 7 nitrogen and oxygen atoms in total. The number of guanidine groups is 1. The van der Waals surface area contributed by atoms with Crippen LogP contribution < -0.4 is 10.1 Å². The van der Waals surface area contributed by atoms with Crippen molar-refractivity contribution in [1.29, 1.82) is 0 Å². The fourth-order valence-corrected chi connectivity index (χ4v) is 4.44. The van der Waals surface area contributed by atoms with E-state index in [-0.39, 0.29) is 11.9 Å². The molecule has 3 rings (SSSR count). The number of likely N-dealkylation sites (tertiary alicyclic amines) is 1. The van der Waals surface area contributed by atoms with Gasteiger partial charge in [-0.1, -0.05) is 25.1 Å². The highest BCUT2D eigenvalue weighted by Crippen LogP contribution is 2.25. The summed E-state index contributed by atoms with van der Waals surface area (Å²) < 4.78 is 5.50. The van der Waals surface area contributed by atoms with Crippen LogP contribution in [0.15, 0.2) is 29.3 Å². The minimum Gasteiger partial charge on any atom is -0.496 e. The monoisotopic (exact) mass is 415 g/mol. The quantitative estimate of drug-likeness (QED) is 0.569. The van der Waals surface area contributed by atoms with E-state index in [0.717, 1.165) is 70.4 Å². The Morgan fingerprint density at radius 3 is 2.37 bits per heavy atom. The van der Waals surface area contributed by atoms with Crippen molar-refractivity contribution in [2.45, 2.75) is 38.6 Å². The van der Waals surface area contributed by atoms with Crippen LogP contribution in [0.4, 0.5) is 0 Å². The van der Waals surface area contributed by atoms with Crippen molar-refractivity contribution < 1.29 is 9.53 Å². The van der Waals surface area contributed by atoms with Gasteiger partial charge in [-0.2, -0.15) is 0 Å². The highest BCUT2D eigenvalue weighted by Gasteiger charge is 2.30. The number of ether oxygens (including phenoxy) is 1. The van der Waals surface area contributed by atoms with Crippen LogP contribution in [0.3, 0.4) is 0 Å². The number of amides is 1. The molecule has 7 heteroatoms. The number of nitrogens with zero attached hydrogens (tertiary/aromatic N) is 4. The maximum absolute atomic E-state index is 12.7. The SMILES string of the molecule is CN=C(NCC(C)c1ccccc1OC)N1CCN(C(C)C(=O)N2CCCC2)CC1. The minimum absolute atomic E-state index is 0.0363. The van der Waals surface area contributed by atoms with Crippen molar-refractivity contribution in [2.24, 2.45) is 4.99 Å². The lowest BCUT2D eigenvalue weighted by Crippen LogP contribution is -2.57. The third-order valence-electron chi connectivity index (χ3n) is 6.38. The summed E-state index contributed by atoms with van der Waals surface area (Å²) in [5, 5.41) is 3.53. The number of aliphatic imine (C=N–C) groups is 1. The summed E-state index contributed by atoms with van der Waals surface area (Å²) in [7, 11) is 3.55. The van der Waals surface area contributed by atoms with E-state index in [2.05, 4.69) is 40.0 Å². The molecule has 0 aromatic heterocycles. The van der Waals surface area contributed by atoms with Crippen LogP contribution in [-0.4, -0.2) is 92.6 Å². The lowest BCUT2D eigenvalue weighted by molar-refractivity contribution is -0.135. The van der Waals surface area contributed by atoms with Crippen molar-refractivity contribution in [1.82, 2.24) is 20.0 Å². The fraction of sp³-hybridized carbons (Fsp3) is 0.652. The molecule has 0 aliphatic carbocycles. The van der Waals surface area contributed by atoms with Crippen LogP contribution in [-0.2, 0) is 4.79 Å². The van der Waals surface area contributed by atoms with E-state index in [4.69, 9.17) is 4.74 Å². The van der Waals surface area contributed by atoms with E-state index in [1.54, 1.807) is 7.11 Å².